The van der Waals surface area contributed by atoms with E-state index in [0.717, 1.165) is 19.5 Å². The van der Waals surface area contributed by atoms with Gasteiger partial charge in [-0.1, -0.05) is 27.2 Å². The zero-order valence-electron chi connectivity index (χ0n) is 20.8. The molecule has 182 valence electrons. The molecule has 3 rings (SSSR count). The van der Waals surface area contributed by atoms with E-state index in [4.69, 9.17) is 9.47 Å². The predicted molar refractivity (Wildman–Crippen MR) is 133 cm³/mol. The Labute approximate surface area is 197 Å². The molecule has 1 fully saturated rings. The van der Waals surface area contributed by atoms with Crippen LogP contribution in [0.3, 0.4) is 0 Å². The van der Waals surface area contributed by atoms with E-state index in [2.05, 4.69) is 31.0 Å². The minimum absolute atomic E-state index is 0.132. The van der Waals surface area contributed by atoms with Crippen molar-refractivity contribution < 1.29 is 14.3 Å². The van der Waals surface area contributed by atoms with Crippen molar-refractivity contribution in [3.05, 3.63) is 34.2 Å². The summed E-state index contributed by atoms with van der Waals surface area (Å²) in [5, 5.41) is 4.12. The fraction of sp³-hybridized carbons (Fsp3) is 0.615. The van der Waals surface area contributed by atoms with Gasteiger partial charge < -0.3 is 24.3 Å². The van der Waals surface area contributed by atoms with Crippen LogP contribution in [-0.2, 0) is 6.54 Å². The Morgan fingerprint density at radius 3 is 2.48 bits per heavy atom. The Bertz CT molecular complexity index is 1010. The number of pyridine rings is 1. The molecular formula is C26H39N3O4. The Morgan fingerprint density at radius 2 is 1.85 bits per heavy atom. The average molecular weight is 458 g/mol. The summed E-state index contributed by atoms with van der Waals surface area (Å²) in [4.78, 5) is 28.9. The van der Waals surface area contributed by atoms with Crippen molar-refractivity contribution >= 4 is 16.7 Å². The molecule has 1 saturated heterocycles. The van der Waals surface area contributed by atoms with Gasteiger partial charge in [-0.3, -0.25) is 9.59 Å². The van der Waals surface area contributed by atoms with Crippen LogP contribution in [-0.4, -0.2) is 55.3 Å². The lowest BCUT2D eigenvalue weighted by Gasteiger charge is -2.35. The van der Waals surface area contributed by atoms with Gasteiger partial charge in [0.15, 0.2) is 11.5 Å². The van der Waals surface area contributed by atoms with Gasteiger partial charge in [0.2, 0.25) is 0 Å². The largest absolute Gasteiger partial charge is 0.493 e. The lowest BCUT2D eigenvalue weighted by Crippen LogP contribution is -2.40. The Hall–Kier alpha value is -2.54. The number of fused-ring (bicyclic) bond motifs is 1. The summed E-state index contributed by atoms with van der Waals surface area (Å²) in [7, 11) is 3.09. The van der Waals surface area contributed by atoms with Crippen LogP contribution in [0.5, 0.6) is 11.5 Å². The smallest absolute Gasteiger partial charge is 0.258 e. The van der Waals surface area contributed by atoms with Crippen LogP contribution in [0.4, 0.5) is 0 Å². The molecule has 1 aliphatic rings. The summed E-state index contributed by atoms with van der Waals surface area (Å²) >= 11 is 0. The van der Waals surface area contributed by atoms with Crippen LogP contribution >= 0.6 is 0 Å². The third kappa shape index (κ3) is 5.88. The number of carbonyl (C=O) groups excluding carboxylic acids is 1. The highest BCUT2D eigenvalue weighted by Gasteiger charge is 2.21. The quantitative estimate of drug-likeness (QED) is 0.545. The number of methoxy groups -OCH3 is 2. The Balaban J connectivity index is 1.83. The summed E-state index contributed by atoms with van der Waals surface area (Å²) < 4.78 is 12.5. The number of nitrogens with zero attached hydrogens (tertiary/aromatic N) is 2. The van der Waals surface area contributed by atoms with E-state index in [0.29, 0.717) is 47.0 Å². The third-order valence-corrected chi connectivity index (χ3v) is 6.52. The number of likely N-dealkylation sites (tertiary alicyclic amines) is 1. The van der Waals surface area contributed by atoms with Crippen LogP contribution in [0.25, 0.3) is 10.8 Å². The van der Waals surface area contributed by atoms with Crippen LogP contribution in [0.15, 0.2) is 23.1 Å². The summed E-state index contributed by atoms with van der Waals surface area (Å²) in [5.41, 5.74) is 0.350. The van der Waals surface area contributed by atoms with Gasteiger partial charge >= 0.3 is 0 Å². The number of amides is 1. The van der Waals surface area contributed by atoms with Crippen LogP contribution < -0.4 is 20.3 Å². The van der Waals surface area contributed by atoms with Gasteiger partial charge in [-0.15, -0.1) is 0 Å². The average Bonchev–Trinajstić information content (AvgIpc) is 2.82. The fourth-order valence-electron chi connectivity index (χ4n) is 4.82. The molecule has 1 aliphatic heterocycles. The molecule has 0 unspecified atom stereocenters. The number of carbonyl (C=O) groups is 1. The van der Waals surface area contributed by atoms with Crippen molar-refractivity contribution in [2.24, 2.45) is 5.92 Å². The van der Waals surface area contributed by atoms with E-state index in [-0.39, 0.29) is 17.4 Å². The summed E-state index contributed by atoms with van der Waals surface area (Å²) in [6, 6.07) is 4.07. The van der Waals surface area contributed by atoms with Crippen molar-refractivity contribution in [2.75, 3.05) is 33.9 Å². The summed E-state index contributed by atoms with van der Waals surface area (Å²) in [6.07, 6.45) is 7.63. The minimum Gasteiger partial charge on any atom is -0.493 e. The standard InChI is InChI=1S/C26H39N3O4/c1-6-19-10-7-8-12-28(19)13-9-11-27-25(30)22-17-29(16-18(2)3)26(31)21-15-24(33-5)23(32-4)14-20(21)22/h14-15,17-19H,6-13,16H2,1-5H3,(H,27,30)/t19-/m1/s1. The van der Waals surface area contributed by atoms with Gasteiger partial charge in [-0.25, -0.2) is 0 Å². The van der Waals surface area contributed by atoms with Crippen molar-refractivity contribution in [3.63, 3.8) is 0 Å². The fourth-order valence-corrected chi connectivity index (χ4v) is 4.82. The zero-order valence-corrected chi connectivity index (χ0v) is 20.8. The maximum Gasteiger partial charge on any atom is 0.258 e. The van der Waals surface area contributed by atoms with Gasteiger partial charge in [-0.2, -0.15) is 0 Å². The molecule has 33 heavy (non-hydrogen) atoms. The first-order valence-electron chi connectivity index (χ1n) is 12.2. The highest BCUT2D eigenvalue weighted by atomic mass is 16.5. The first kappa shape index (κ1) is 25.1. The van der Waals surface area contributed by atoms with Crippen LogP contribution in [0.2, 0.25) is 0 Å². The molecule has 1 aromatic heterocycles. The monoisotopic (exact) mass is 457 g/mol. The SMILES string of the molecule is CC[C@@H]1CCCCN1CCCNC(=O)c1cn(CC(C)C)c(=O)c2cc(OC)c(OC)cc12. The molecule has 0 saturated carbocycles. The first-order valence-corrected chi connectivity index (χ1v) is 12.2. The molecule has 1 amide bonds. The molecule has 0 bridgehead atoms. The molecule has 1 N–H and O–H groups in total. The number of benzene rings is 1. The van der Waals surface area contributed by atoms with Crippen molar-refractivity contribution in [3.8, 4) is 11.5 Å². The second kappa shape index (κ2) is 11.5. The normalized spacial score (nSPS) is 16.8. The van der Waals surface area contributed by atoms with Crippen LogP contribution in [0.1, 0.15) is 63.2 Å². The third-order valence-electron chi connectivity index (χ3n) is 6.52. The molecule has 7 heteroatoms. The number of ether oxygens (including phenoxy) is 2. The van der Waals surface area contributed by atoms with Crippen LogP contribution in [0, 0.1) is 5.92 Å². The van der Waals surface area contributed by atoms with E-state index in [1.807, 2.05) is 0 Å². The van der Waals surface area contributed by atoms with E-state index in [1.165, 1.54) is 25.7 Å². The summed E-state index contributed by atoms with van der Waals surface area (Å²) in [5.74, 6) is 1.07. The highest BCUT2D eigenvalue weighted by Crippen LogP contribution is 2.32. The molecule has 0 aliphatic carbocycles. The molecule has 0 radical (unpaired) electrons. The van der Waals surface area contributed by atoms with E-state index in [9.17, 15) is 9.59 Å². The summed E-state index contributed by atoms with van der Waals surface area (Å²) in [6.45, 7) is 9.65. The second-order valence-corrected chi connectivity index (χ2v) is 9.35. The van der Waals surface area contributed by atoms with E-state index < -0.39 is 0 Å². The molecular weight excluding hydrogens is 418 g/mol. The number of hydrogen-bond acceptors (Lipinski definition) is 5. The molecule has 2 aromatic rings. The van der Waals surface area contributed by atoms with Gasteiger partial charge in [0.05, 0.1) is 25.2 Å². The number of piperidine rings is 1. The first-order chi connectivity index (χ1) is 15.9. The van der Waals surface area contributed by atoms with Gasteiger partial charge in [0.1, 0.15) is 0 Å². The topological polar surface area (TPSA) is 72.8 Å². The highest BCUT2D eigenvalue weighted by molar-refractivity contribution is 6.07. The minimum atomic E-state index is -0.171. The molecule has 7 nitrogen and oxygen atoms in total. The van der Waals surface area contributed by atoms with E-state index >= 15 is 0 Å². The maximum absolute atomic E-state index is 13.2. The van der Waals surface area contributed by atoms with E-state index in [1.54, 1.807) is 37.1 Å². The number of nitrogens with one attached hydrogen (secondary N) is 1. The van der Waals surface area contributed by atoms with Gasteiger partial charge in [-0.05, 0) is 50.3 Å². The molecule has 0 spiro atoms. The van der Waals surface area contributed by atoms with Crippen molar-refractivity contribution in [1.82, 2.24) is 14.8 Å². The zero-order chi connectivity index (χ0) is 24.0. The number of hydrogen-bond donors (Lipinski definition) is 1. The van der Waals surface area contributed by atoms with Gasteiger partial charge in [0, 0.05) is 37.3 Å². The number of rotatable bonds is 10. The lowest BCUT2D eigenvalue weighted by molar-refractivity contribution is 0.0948. The Morgan fingerprint density at radius 1 is 1.15 bits per heavy atom. The Kier molecular flexibility index (Phi) is 8.78. The lowest BCUT2D eigenvalue weighted by atomic mass is 10.00. The predicted octanol–water partition coefficient (Wildman–Crippen LogP) is 4.06. The molecule has 1 aromatic carbocycles. The maximum atomic E-state index is 13.2. The van der Waals surface area contributed by atoms with Crippen molar-refractivity contribution in [2.45, 2.75) is 65.5 Å². The second-order valence-electron chi connectivity index (χ2n) is 9.35. The van der Waals surface area contributed by atoms with Crippen molar-refractivity contribution in [1.29, 1.82) is 0 Å². The molecule has 2 heterocycles. The molecule has 1 atom stereocenters. The van der Waals surface area contributed by atoms with Gasteiger partial charge in [0.25, 0.3) is 11.5 Å². The number of aromatic nitrogens is 1.